The molecule has 1 fully saturated rings. The molecule has 2 aliphatic heterocycles. The lowest BCUT2D eigenvalue weighted by Gasteiger charge is -2.31. The van der Waals surface area contributed by atoms with Crippen molar-refractivity contribution in [1.29, 1.82) is 0 Å². The van der Waals surface area contributed by atoms with Crippen molar-refractivity contribution in [3.8, 4) is 11.5 Å². The zero-order valence-electron chi connectivity index (χ0n) is 17.3. The molecule has 4 rings (SSSR count). The summed E-state index contributed by atoms with van der Waals surface area (Å²) in [6, 6.07) is 2.75. The number of aromatic hydroxyl groups is 1. The smallest absolute Gasteiger partial charge is 0.410 e. The highest BCUT2D eigenvalue weighted by atomic mass is 16.6. The van der Waals surface area contributed by atoms with Gasteiger partial charge in [0.2, 0.25) is 0 Å². The van der Waals surface area contributed by atoms with E-state index >= 15 is 0 Å². The third-order valence-electron chi connectivity index (χ3n) is 5.65. The number of carbonyl (C=O) groups is 1. The number of likely N-dealkylation sites (N-methyl/N-ethyl adjacent to an activating group) is 1. The van der Waals surface area contributed by atoms with Crippen molar-refractivity contribution in [2.24, 2.45) is 0 Å². The van der Waals surface area contributed by atoms with Crippen LogP contribution in [0.5, 0.6) is 11.5 Å². The summed E-state index contributed by atoms with van der Waals surface area (Å²) in [5.74, 6) is 0.331. The SMILES string of the molecule is CN1CCN(C(=O)OCc2cc(=O)c3c(O)c4c(cc3o2)OC(C(C)(C)O)C4)CC1. The van der Waals surface area contributed by atoms with Gasteiger partial charge in [0.05, 0.1) is 5.60 Å². The minimum Gasteiger partial charge on any atom is -0.507 e. The second kappa shape index (κ2) is 7.48. The number of amides is 1. The molecule has 1 aromatic carbocycles. The molecule has 2 N–H and O–H groups in total. The quantitative estimate of drug-likeness (QED) is 0.770. The van der Waals surface area contributed by atoms with Crippen molar-refractivity contribution >= 4 is 17.1 Å². The molecule has 0 radical (unpaired) electrons. The van der Waals surface area contributed by atoms with Crippen molar-refractivity contribution in [2.75, 3.05) is 33.2 Å². The zero-order chi connectivity index (χ0) is 21.6. The summed E-state index contributed by atoms with van der Waals surface area (Å²) >= 11 is 0. The second-order valence-electron chi connectivity index (χ2n) is 8.46. The minimum absolute atomic E-state index is 0.0443. The number of hydrogen-bond acceptors (Lipinski definition) is 8. The van der Waals surface area contributed by atoms with Crippen molar-refractivity contribution in [2.45, 2.75) is 38.6 Å². The summed E-state index contributed by atoms with van der Waals surface area (Å²) < 4.78 is 16.8. The first-order chi connectivity index (χ1) is 14.1. The van der Waals surface area contributed by atoms with E-state index in [0.29, 0.717) is 24.4 Å². The summed E-state index contributed by atoms with van der Waals surface area (Å²) in [6.07, 6.45) is -0.724. The van der Waals surface area contributed by atoms with Gasteiger partial charge in [-0.05, 0) is 20.9 Å². The summed E-state index contributed by atoms with van der Waals surface area (Å²) in [5.41, 5.74) is -0.941. The lowest BCUT2D eigenvalue weighted by atomic mass is 9.96. The number of piperazine rings is 1. The van der Waals surface area contributed by atoms with E-state index in [-0.39, 0.29) is 35.5 Å². The molecule has 2 aromatic rings. The summed E-state index contributed by atoms with van der Waals surface area (Å²) in [6.45, 7) is 5.76. The van der Waals surface area contributed by atoms with Gasteiger partial charge in [0.15, 0.2) is 12.0 Å². The third kappa shape index (κ3) is 3.82. The van der Waals surface area contributed by atoms with Gasteiger partial charge in [0, 0.05) is 50.3 Å². The Balaban J connectivity index is 1.55. The van der Waals surface area contributed by atoms with E-state index < -0.39 is 23.2 Å². The van der Waals surface area contributed by atoms with Gasteiger partial charge < -0.3 is 33.9 Å². The molecule has 9 nitrogen and oxygen atoms in total. The fourth-order valence-corrected chi connectivity index (χ4v) is 3.73. The van der Waals surface area contributed by atoms with Gasteiger partial charge in [0.1, 0.15) is 34.3 Å². The Hall–Kier alpha value is -2.78. The van der Waals surface area contributed by atoms with E-state index in [0.717, 1.165) is 13.1 Å². The molecule has 1 aromatic heterocycles. The fraction of sp³-hybridized carbons (Fsp3) is 0.524. The van der Waals surface area contributed by atoms with E-state index in [2.05, 4.69) is 4.90 Å². The highest BCUT2D eigenvalue weighted by molar-refractivity contribution is 5.87. The maximum Gasteiger partial charge on any atom is 0.410 e. The topological polar surface area (TPSA) is 113 Å². The molecule has 2 aliphatic rings. The number of benzene rings is 1. The summed E-state index contributed by atoms with van der Waals surface area (Å²) in [4.78, 5) is 28.6. The van der Waals surface area contributed by atoms with E-state index in [9.17, 15) is 19.8 Å². The summed E-state index contributed by atoms with van der Waals surface area (Å²) in [5, 5.41) is 20.9. The molecule has 3 heterocycles. The maximum atomic E-state index is 12.6. The molecular formula is C21H26N2O7. The Labute approximate surface area is 173 Å². The average Bonchev–Trinajstić information content (AvgIpc) is 3.11. The average molecular weight is 418 g/mol. The predicted molar refractivity (Wildman–Crippen MR) is 108 cm³/mol. The van der Waals surface area contributed by atoms with Crippen LogP contribution in [0.3, 0.4) is 0 Å². The number of ether oxygens (including phenoxy) is 2. The van der Waals surface area contributed by atoms with Crippen LogP contribution in [0.15, 0.2) is 21.3 Å². The van der Waals surface area contributed by atoms with Crippen LogP contribution in [0.4, 0.5) is 4.79 Å². The van der Waals surface area contributed by atoms with Crippen molar-refractivity contribution < 1.29 is 28.9 Å². The lowest BCUT2D eigenvalue weighted by molar-refractivity contribution is -0.0229. The standard InChI is InChI=1S/C21H26N2O7/c1-21(2,27)17-9-13-15(30-17)10-16-18(19(13)25)14(24)8-12(29-16)11-28-20(26)23-6-4-22(3)5-7-23/h8,10,17,25,27H,4-7,9,11H2,1-3H3. The van der Waals surface area contributed by atoms with E-state index in [1.807, 2.05) is 7.05 Å². The van der Waals surface area contributed by atoms with Crippen LogP contribution in [-0.4, -0.2) is 71.0 Å². The maximum absolute atomic E-state index is 12.6. The van der Waals surface area contributed by atoms with Crippen LogP contribution in [0.2, 0.25) is 0 Å². The highest BCUT2D eigenvalue weighted by Crippen LogP contribution is 2.42. The molecule has 1 saturated heterocycles. The van der Waals surface area contributed by atoms with Gasteiger partial charge in [-0.2, -0.15) is 0 Å². The number of aliphatic hydroxyl groups is 1. The number of carbonyl (C=O) groups excluding carboxylic acids is 1. The number of hydrogen-bond donors (Lipinski definition) is 2. The molecule has 30 heavy (non-hydrogen) atoms. The van der Waals surface area contributed by atoms with E-state index in [4.69, 9.17) is 13.9 Å². The van der Waals surface area contributed by atoms with E-state index in [1.165, 1.54) is 12.1 Å². The largest absolute Gasteiger partial charge is 0.507 e. The predicted octanol–water partition coefficient (Wildman–Crippen LogP) is 1.46. The minimum atomic E-state index is -1.11. The van der Waals surface area contributed by atoms with Crippen molar-refractivity contribution in [3.63, 3.8) is 0 Å². The molecule has 1 amide bonds. The molecule has 9 heteroatoms. The van der Waals surface area contributed by atoms with Crippen molar-refractivity contribution in [3.05, 3.63) is 33.7 Å². The van der Waals surface area contributed by atoms with Crippen LogP contribution in [0, 0.1) is 0 Å². The van der Waals surface area contributed by atoms with Gasteiger partial charge in [0.25, 0.3) is 0 Å². The van der Waals surface area contributed by atoms with Gasteiger partial charge in [-0.3, -0.25) is 4.79 Å². The molecule has 162 valence electrons. The monoisotopic (exact) mass is 418 g/mol. The summed E-state index contributed by atoms with van der Waals surface area (Å²) in [7, 11) is 1.99. The lowest BCUT2D eigenvalue weighted by Crippen LogP contribution is -2.47. The van der Waals surface area contributed by atoms with Gasteiger partial charge in [-0.25, -0.2) is 4.79 Å². The first kappa shape index (κ1) is 20.5. The number of nitrogens with zero attached hydrogens (tertiary/aromatic N) is 2. The Morgan fingerprint density at radius 1 is 1.27 bits per heavy atom. The van der Waals surface area contributed by atoms with Gasteiger partial charge in [-0.15, -0.1) is 0 Å². The Kier molecular flexibility index (Phi) is 5.11. The third-order valence-corrected chi connectivity index (χ3v) is 5.65. The van der Waals surface area contributed by atoms with E-state index in [1.54, 1.807) is 18.7 Å². The molecular weight excluding hydrogens is 392 g/mol. The zero-order valence-corrected chi connectivity index (χ0v) is 17.3. The Morgan fingerprint density at radius 3 is 2.63 bits per heavy atom. The van der Waals surface area contributed by atoms with Crippen molar-refractivity contribution in [1.82, 2.24) is 9.80 Å². The van der Waals surface area contributed by atoms with Crippen LogP contribution < -0.4 is 10.2 Å². The van der Waals surface area contributed by atoms with Crippen LogP contribution in [0.25, 0.3) is 11.0 Å². The number of phenolic OH excluding ortho intramolecular Hbond substituents is 1. The number of phenols is 1. The van der Waals surface area contributed by atoms with Crippen LogP contribution in [-0.2, 0) is 17.8 Å². The second-order valence-corrected chi connectivity index (χ2v) is 8.46. The fourth-order valence-electron chi connectivity index (χ4n) is 3.73. The number of fused-ring (bicyclic) bond motifs is 2. The molecule has 1 atom stereocenters. The molecule has 0 saturated carbocycles. The Bertz CT molecular complexity index is 1030. The highest BCUT2D eigenvalue weighted by Gasteiger charge is 2.37. The normalized spacial score (nSPS) is 19.6. The van der Waals surface area contributed by atoms with Gasteiger partial charge >= 0.3 is 6.09 Å². The Morgan fingerprint density at radius 2 is 1.97 bits per heavy atom. The number of rotatable bonds is 3. The molecule has 0 spiro atoms. The first-order valence-electron chi connectivity index (χ1n) is 9.94. The molecule has 1 unspecified atom stereocenters. The van der Waals surface area contributed by atoms with Gasteiger partial charge in [-0.1, -0.05) is 0 Å². The van der Waals surface area contributed by atoms with Crippen LogP contribution in [0.1, 0.15) is 25.2 Å². The first-order valence-corrected chi connectivity index (χ1v) is 9.94. The van der Waals surface area contributed by atoms with Crippen LogP contribution >= 0.6 is 0 Å². The molecule has 0 aliphatic carbocycles. The molecule has 0 bridgehead atoms.